The fourth-order valence-corrected chi connectivity index (χ4v) is 3.29. The van der Waals surface area contributed by atoms with Crippen molar-refractivity contribution in [3.8, 4) is 0 Å². The number of rotatable bonds is 5. The molecule has 3 nitrogen and oxygen atoms in total. The van der Waals surface area contributed by atoms with Crippen molar-refractivity contribution in [1.82, 2.24) is 4.98 Å². The lowest BCUT2D eigenvalue weighted by molar-refractivity contribution is -0.118. The van der Waals surface area contributed by atoms with E-state index in [1.165, 1.54) is 41.1 Å². The number of alkyl halides is 2. The molecule has 0 unspecified atom stereocenters. The second-order valence-electron chi connectivity index (χ2n) is 7.00. The average Bonchev–Trinajstić information content (AvgIpc) is 2.64. The molecule has 1 aromatic heterocycles. The van der Waals surface area contributed by atoms with Gasteiger partial charge in [-0.05, 0) is 55.9 Å². The van der Waals surface area contributed by atoms with E-state index < -0.39 is 5.92 Å². The van der Waals surface area contributed by atoms with E-state index >= 15 is 0 Å². The van der Waals surface area contributed by atoms with Crippen molar-refractivity contribution in [2.75, 3.05) is 11.9 Å². The first-order valence-corrected chi connectivity index (χ1v) is 9.07. The monoisotopic (exact) mass is 358 g/mol. The second kappa shape index (κ2) is 7.52. The smallest absolute Gasteiger partial charge is 0.270 e. The minimum atomic E-state index is -2.88. The van der Waals surface area contributed by atoms with E-state index in [0.717, 1.165) is 25.5 Å². The molecule has 1 heterocycles. The molecule has 1 aromatic carbocycles. The van der Waals surface area contributed by atoms with Gasteiger partial charge in [-0.2, -0.15) is 0 Å². The second-order valence-corrected chi connectivity index (χ2v) is 7.00. The summed E-state index contributed by atoms with van der Waals surface area (Å²) in [5.74, 6) is -2.93. The van der Waals surface area contributed by atoms with Gasteiger partial charge in [-0.1, -0.05) is 18.2 Å². The maximum atomic E-state index is 13.3. The summed E-state index contributed by atoms with van der Waals surface area (Å²) in [5.41, 5.74) is 4.00. The van der Waals surface area contributed by atoms with Crippen molar-refractivity contribution in [3.63, 3.8) is 0 Å². The van der Waals surface area contributed by atoms with Gasteiger partial charge < -0.3 is 4.90 Å². The molecule has 3 rings (SSSR count). The predicted molar refractivity (Wildman–Crippen MR) is 98.6 cm³/mol. The maximum absolute atomic E-state index is 13.3. The number of halogens is 2. The number of hydrogen-bond donors (Lipinski definition) is 0. The molecule has 0 radical (unpaired) electrons. The first-order valence-electron chi connectivity index (χ1n) is 9.07. The lowest BCUT2D eigenvalue weighted by atomic mass is 9.95. The molecule has 26 heavy (non-hydrogen) atoms. The first kappa shape index (κ1) is 18.5. The van der Waals surface area contributed by atoms with Crippen molar-refractivity contribution < 1.29 is 13.6 Å². The highest BCUT2D eigenvalue weighted by molar-refractivity contribution is 5.92. The summed E-state index contributed by atoms with van der Waals surface area (Å²) in [6.45, 7) is 0.864. The third kappa shape index (κ3) is 4.26. The van der Waals surface area contributed by atoms with Crippen molar-refractivity contribution in [1.29, 1.82) is 0 Å². The number of aromatic nitrogens is 1. The Balaban J connectivity index is 1.61. The van der Waals surface area contributed by atoms with Crippen molar-refractivity contribution >= 4 is 11.6 Å². The van der Waals surface area contributed by atoms with Crippen LogP contribution in [0.1, 0.15) is 48.7 Å². The molecule has 2 aromatic rings. The first-order chi connectivity index (χ1) is 12.3. The lowest BCUT2D eigenvalue weighted by Gasteiger charge is -2.19. The molecular formula is C21H24F2N2O. The molecule has 0 saturated carbocycles. The highest BCUT2D eigenvalue weighted by atomic mass is 19.3. The van der Waals surface area contributed by atoms with Crippen LogP contribution in [0.2, 0.25) is 0 Å². The number of pyridine rings is 1. The normalized spacial score (nSPS) is 14.0. The molecule has 1 aliphatic carbocycles. The van der Waals surface area contributed by atoms with Gasteiger partial charge in [-0.15, -0.1) is 0 Å². The Kier molecular flexibility index (Phi) is 5.35. The fourth-order valence-electron chi connectivity index (χ4n) is 3.29. The van der Waals surface area contributed by atoms with Crippen molar-refractivity contribution in [2.24, 2.45) is 0 Å². The van der Waals surface area contributed by atoms with E-state index in [1.807, 2.05) is 6.07 Å². The van der Waals surface area contributed by atoms with Crippen LogP contribution >= 0.6 is 0 Å². The zero-order valence-corrected chi connectivity index (χ0v) is 15.3. The van der Waals surface area contributed by atoms with E-state index in [1.54, 1.807) is 19.2 Å². The molecule has 0 atom stereocenters. The Labute approximate surface area is 153 Å². The summed E-state index contributed by atoms with van der Waals surface area (Å²) in [6, 6.07) is 9.99. The van der Waals surface area contributed by atoms with E-state index in [2.05, 4.69) is 6.07 Å². The van der Waals surface area contributed by atoms with Crippen LogP contribution in [0.4, 0.5) is 14.5 Å². The number of hydrogen-bond acceptors (Lipinski definition) is 2. The van der Waals surface area contributed by atoms with Gasteiger partial charge in [0.15, 0.2) is 0 Å². The van der Waals surface area contributed by atoms with E-state index in [-0.39, 0.29) is 11.5 Å². The molecule has 5 heteroatoms. The number of carbonyl (C=O) groups is 1. The summed E-state index contributed by atoms with van der Waals surface area (Å²) in [7, 11) is 1.67. The zero-order chi connectivity index (χ0) is 18.7. The van der Waals surface area contributed by atoms with E-state index in [0.29, 0.717) is 18.5 Å². The van der Waals surface area contributed by atoms with E-state index in [9.17, 15) is 13.6 Å². The maximum Gasteiger partial charge on any atom is 0.270 e. The van der Waals surface area contributed by atoms with Crippen LogP contribution in [0.25, 0.3) is 0 Å². The largest absolute Gasteiger partial charge is 0.315 e. The third-order valence-electron chi connectivity index (χ3n) is 4.97. The summed E-state index contributed by atoms with van der Waals surface area (Å²) in [6.07, 6.45) is 5.44. The van der Waals surface area contributed by atoms with Gasteiger partial charge in [-0.25, -0.2) is 8.78 Å². The molecule has 0 aliphatic heterocycles. The van der Waals surface area contributed by atoms with Gasteiger partial charge in [0.1, 0.15) is 0 Å². The topological polar surface area (TPSA) is 33.2 Å². The number of amides is 1. The van der Waals surface area contributed by atoms with E-state index in [4.69, 9.17) is 4.98 Å². The summed E-state index contributed by atoms with van der Waals surface area (Å²) >= 11 is 0. The van der Waals surface area contributed by atoms with Crippen LogP contribution in [0.5, 0.6) is 0 Å². The van der Waals surface area contributed by atoms with Crippen molar-refractivity contribution in [3.05, 3.63) is 58.9 Å². The molecule has 0 bridgehead atoms. The van der Waals surface area contributed by atoms with Gasteiger partial charge in [0.25, 0.3) is 5.92 Å². The molecule has 138 valence electrons. The SMILES string of the molecule is CN(C(=O)CCc1ccc2c(n1)CCCC2)c1ccc(C(C)(F)F)cc1. The standard InChI is InChI=1S/C21H24F2N2O/c1-21(22,23)16-8-12-18(13-9-16)25(2)20(26)14-11-17-10-7-15-5-3-4-6-19(15)24-17/h7-10,12-13H,3-6,11,14H2,1-2H3. The Morgan fingerprint density at radius 3 is 2.50 bits per heavy atom. The Hall–Kier alpha value is -2.30. The molecule has 0 spiro atoms. The third-order valence-corrected chi connectivity index (χ3v) is 4.97. The average molecular weight is 358 g/mol. The molecule has 0 saturated heterocycles. The van der Waals surface area contributed by atoms with Gasteiger partial charge >= 0.3 is 0 Å². The highest BCUT2D eigenvalue weighted by Crippen LogP contribution is 2.28. The highest BCUT2D eigenvalue weighted by Gasteiger charge is 2.24. The Morgan fingerprint density at radius 2 is 1.81 bits per heavy atom. The number of aryl methyl sites for hydroxylation is 3. The number of fused-ring (bicyclic) bond motifs is 1. The summed E-state index contributed by atoms with van der Waals surface area (Å²) in [4.78, 5) is 18.6. The van der Waals surface area contributed by atoms with Gasteiger partial charge in [0.05, 0.1) is 0 Å². The Bertz CT molecular complexity index is 782. The van der Waals surface area contributed by atoms with Gasteiger partial charge in [0.2, 0.25) is 5.91 Å². The molecule has 0 N–H and O–H groups in total. The van der Waals surface area contributed by atoms with Crippen molar-refractivity contribution in [2.45, 2.75) is 51.4 Å². The van der Waals surface area contributed by atoms with Gasteiger partial charge in [-0.3, -0.25) is 9.78 Å². The summed E-state index contributed by atoms with van der Waals surface area (Å²) < 4.78 is 26.6. The zero-order valence-electron chi connectivity index (χ0n) is 15.3. The summed E-state index contributed by atoms with van der Waals surface area (Å²) in [5, 5.41) is 0. The molecular weight excluding hydrogens is 334 g/mol. The van der Waals surface area contributed by atoms with Gasteiger partial charge in [0, 0.05) is 43.0 Å². The lowest BCUT2D eigenvalue weighted by Crippen LogP contribution is -2.26. The van der Waals surface area contributed by atoms with Crippen LogP contribution in [0, 0.1) is 0 Å². The van der Waals surface area contributed by atoms with Crippen LogP contribution < -0.4 is 4.90 Å². The number of benzene rings is 1. The number of carbonyl (C=O) groups excluding carboxylic acids is 1. The molecule has 0 fully saturated rings. The molecule has 1 amide bonds. The quantitative estimate of drug-likeness (QED) is 0.778. The van der Waals surface area contributed by atoms with Crippen LogP contribution in [-0.4, -0.2) is 17.9 Å². The molecule has 1 aliphatic rings. The number of nitrogens with zero attached hydrogens (tertiary/aromatic N) is 2. The van der Waals surface area contributed by atoms with Crippen LogP contribution in [-0.2, 0) is 30.0 Å². The Morgan fingerprint density at radius 1 is 1.12 bits per heavy atom. The minimum absolute atomic E-state index is 0.0551. The minimum Gasteiger partial charge on any atom is -0.315 e. The van der Waals surface area contributed by atoms with Crippen LogP contribution in [0.3, 0.4) is 0 Å². The predicted octanol–water partition coefficient (Wildman–Crippen LogP) is 4.67. The fraction of sp³-hybridized carbons (Fsp3) is 0.429. The number of anilines is 1. The van der Waals surface area contributed by atoms with Crippen LogP contribution in [0.15, 0.2) is 36.4 Å².